The molecule has 0 radical (unpaired) electrons. The highest BCUT2D eigenvalue weighted by atomic mass is 16.1. The summed E-state index contributed by atoms with van der Waals surface area (Å²) in [5, 5.41) is 0. The normalized spacial score (nSPS) is 15.0. The van der Waals surface area contributed by atoms with Crippen LogP contribution in [-0.4, -0.2) is 32.5 Å². The third-order valence-electron chi connectivity index (χ3n) is 4.44. The first-order valence-electron chi connectivity index (χ1n) is 7.81. The molecule has 0 aromatic heterocycles. The summed E-state index contributed by atoms with van der Waals surface area (Å²) in [4.78, 5) is 16.0. The summed E-state index contributed by atoms with van der Waals surface area (Å²) >= 11 is 0. The molecule has 1 fully saturated rings. The van der Waals surface area contributed by atoms with E-state index in [9.17, 15) is 4.79 Å². The topological polar surface area (TPSA) is 23.6 Å². The van der Waals surface area contributed by atoms with Crippen LogP contribution in [0.4, 0.5) is 11.4 Å². The Hall–Kier alpha value is -2.29. The fourth-order valence-electron chi connectivity index (χ4n) is 3.35. The highest BCUT2D eigenvalue weighted by Gasteiger charge is 2.21. The van der Waals surface area contributed by atoms with Gasteiger partial charge in [0.25, 0.3) is 0 Å². The Labute approximate surface area is 132 Å². The Balaban J connectivity index is 1.77. The Morgan fingerprint density at radius 1 is 0.818 bits per heavy atom. The van der Waals surface area contributed by atoms with Crippen LogP contribution in [0.25, 0.3) is 0 Å². The lowest BCUT2D eigenvalue weighted by Crippen LogP contribution is -2.47. The van der Waals surface area contributed by atoms with Gasteiger partial charge in [-0.05, 0) is 37.1 Å². The van der Waals surface area contributed by atoms with E-state index in [0.29, 0.717) is 0 Å². The summed E-state index contributed by atoms with van der Waals surface area (Å²) in [7, 11) is 0. The predicted molar refractivity (Wildman–Crippen MR) is 92.2 cm³/mol. The van der Waals surface area contributed by atoms with E-state index in [1.807, 2.05) is 24.3 Å². The van der Waals surface area contributed by atoms with E-state index in [2.05, 4.69) is 41.8 Å². The summed E-state index contributed by atoms with van der Waals surface area (Å²) in [5.41, 5.74) is 5.87. The van der Waals surface area contributed by atoms with E-state index in [-0.39, 0.29) is 0 Å². The highest BCUT2D eigenvalue weighted by Crippen LogP contribution is 2.27. The summed E-state index contributed by atoms with van der Waals surface area (Å²) in [6.45, 7) is 8.21. The molecule has 1 heterocycles. The second-order valence-electron chi connectivity index (χ2n) is 5.89. The van der Waals surface area contributed by atoms with Crippen LogP contribution >= 0.6 is 0 Å². The Morgan fingerprint density at radius 2 is 1.41 bits per heavy atom. The van der Waals surface area contributed by atoms with Gasteiger partial charge < -0.3 is 9.80 Å². The maximum absolute atomic E-state index is 11.2. The number of para-hydroxylation sites is 2. The molecule has 3 rings (SSSR count). The van der Waals surface area contributed by atoms with Crippen molar-refractivity contribution < 1.29 is 4.79 Å². The number of carbonyl (C=O) groups excluding carboxylic acids is 1. The maximum Gasteiger partial charge on any atom is 0.152 e. The molecule has 3 heteroatoms. The van der Waals surface area contributed by atoms with Gasteiger partial charge in [0, 0.05) is 43.1 Å². The molecule has 1 aliphatic heterocycles. The Kier molecular flexibility index (Phi) is 4.14. The number of hydrogen-bond donors (Lipinski definition) is 0. The van der Waals surface area contributed by atoms with Gasteiger partial charge in [0.2, 0.25) is 0 Å². The first-order chi connectivity index (χ1) is 10.7. The molecule has 0 N–H and O–H groups in total. The maximum atomic E-state index is 11.2. The van der Waals surface area contributed by atoms with E-state index in [4.69, 9.17) is 0 Å². The van der Waals surface area contributed by atoms with E-state index in [1.165, 1.54) is 16.8 Å². The van der Waals surface area contributed by atoms with E-state index < -0.39 is 0 Å². The van der Waals surface area contributed by atoms with Crippen molar-refractivity contribution in [3.8, 4) is 0 Å². The molecule has 1 aliphatic rings. The number of nitrogens with zero attached hydrogens (tertiary/aromatic N) is 2. The van der Waals surface area contributed by atoms with Crippen LogP contribution < -0.4 is 9.80 Å². The predicted octanol–water partition coefficient (Wildman–Crippen LogP) is 3.44. The number of piperazine rings is 1. The van der Waals surface area contributed by atoms with Gasteiger partial charge in [-0.1, -0.05) is 30.3 Å². The second-order valence-corrected chi connectivity index (χ2v) is 5.89. The van der Waals surface area contributed by atoms with Crippen LogP contribution in [0.3, 0.4) is 0 Å². The molecule has 0 amide bonds. The summed E-state index contributed by atoms with van der Waals surface area (Å²) in [5.74, 6) is 0. The van der Waals surface area contributed by atoms with Crippen LogP contribution in [0.1, 0.15) is 21.5 Å². The van der Waals surface area contributed by atoms with Gasteiger partial charge in [-0.2, -0.15) is 0 Å². The van der Waals surface area contributed by atoms with Gasteiger partial charge in [-0.25, -0.2) is 0 Å². The van der Waals surface area contributed by atoms with Crippen molar-refractivity contribution in [3.05, 3.63) is 59.2 Å². The van der Waals surface area contributed by atoms with Crippen molar-refractivity contribution in [2.24, 2.45) is 0 Å². The molecular weight excluding hydrogens is 272 g/mol. The zero-order valence-electron chi connectivity index (χ0n) is 13.2. The van der Waals surface area contributed by atoms with Crippen molar-refractivity contribution in [3.63, 3.8) is 0 Å². The molecule has 0 atom stereocenters. The molecule has 1 saturated heterocycles. The van der Waals surface area contributed by atoms with Crippen LogP contribution in [0.2, 0.25) is 0 Å². The molecule has 114 valence electrons. The zero-order chi connectivity index (χ0) is 15.5. The number of carbonyl (C=O) groups is 1. The number of rotatable bonds is 3. The average molecular weight is 294 g/mol. The van der Waals surface area contributed by atoms with Crippen LogP contribution in [-0.2, 0) is 0 Å². The minimum atomic E-state index is 0.781. The zero-order valence-corrected chi connectivity index (χ0v) is 13.2. The quantitative estimate of drug-likeness (QED) is 0.810. The molecular formula is C19H22N2O. The Morgan fingerprint density at radius 3 is 2.05 bits per heavy atom. The Bertz CT molecular complexity index is 653. The third kappa shape index (κ3) is 2.71. The summed E-state index contributed by atoms with van der Waals surface area (Å²) in [6, 6.07) is 14.3. The molecule has 22 heavy (non-hydrogen) atoms. The fourth-order valence-corrected chi connectivity index (χ4v) is 3.35. The highest BCUT2D eigenvalue weighted by molar-refractivity contribution is 5.84. The van der Waals surface area contributed by atoms with Crippen LogP contribution in [0, 0.1) is 13.8 Å². The number of aryl methyl sites for hydroxylation is 2. The SMILES string of the molecule is Cc1cccc(C)c1N1CCN(c2ccccc2C=O)CC1. The second kappa shape index (κ2) is 6.22. The smallest absolute Gasteiger partial charge is 0.152 e. The standard InChI is InChI=1S/C19H22N2O/c1-15-6-5-7-16(2)19(15)21-12-10-20(11-13-21)18-9-4-3-8-17(18)14-22/h3-9,14H,10-13H2,1-2H3. The van der Waals surface area contributed by atoms with Gasteiger partial charge in [0.15, 0.2) is 6.29 Å². The number of anilines is 2. The molecule has 2 aromatic carbocycles. The van der Waals surface area contributed by atoms with E-state index >= 15 is 0 Å². The molecule has 3 nitrogen and oxygen atoms in total. The van der Waals surface area contributed by atoms with Gasteiger partial charge in [-0.3, -0.25) is 4.79 Å². The fraction of sp³-hybridized carbons (Fsp3) is 0.316. The number of aldehydes is 1. The van der Waals surface area contributed by atoms with Crippen molar-refractivity contribution in [2.45, 2.75) is 13.8 Å². The first-order valence-corrected chi connectivity index (χ1v) is 7.81. The average Bonchev–Trinajstić information content (AvgIpc) is 2.55. The van der Waals surface area contributed by atoms with Crippen LogP contribution in [0.15, 0.2) is 42.5 Å². The third-order valence-corrected chi connectivity index (χ3v) is 4.44. The summed E-state index contributed by atoms with van der Waals surface area (Å²) < 4.78 is 0. The minimum Gasteiger partial charge on any atom is -0.368 e. The number of benzene rings is 2. The molecule has 2 aromatic rings. The van der Waals surface area contributed by atoms with Crippen molar-refractivity contribution in [1.29, 1.82) is 0 Å². The van der Waals surface area contributed by atoms with Crippen LogP contribution in [0.5, 0.6) is 0 Å². The van der Waals surface area contributed by atoms with Gasteiger partial charge in [0.1, 0.15) is 0 Å². The molecule has 0 bridgehead atoms. The first kappa shape index (κ1) is 14.6. The van der Waals surface area contributed by atoms with Gasteiger partial charge >= 0.3 is 0 Å². The monoisotopic (exact) mass is 294 g/mol. The van der Waals surface area contributed by atoms with E-state index in [0.717, 1.165) is 43.7 Å². The largest absolute Gasteiger partial charge is 0.368 e. The molecule has 0 unspecified atom stereocenters. The van der Waals surface area contributed by atoms with Crippen molar-refractivity contribution in [2.75, 3.05) is 36.0 Å². The lowest BCUT2D eigenvalue weighted by molar-refractivity contribution is 0.112. The van der Waals surface area contributed by atoms with Gasteiger partial charge in [0.05, 0.1) is 0 Å². The lowest BCUT2D eigenvalue weighted by atomic mass is 10.1. The van der Waals surface area contributed by atoms with Crippen molar-refractivity contribution >= 4 is 17.7 Å². The number of hydrogen-bond acceptors (Lipinski definition) is 3. The van der Waals surface area contributed by atoms with E-state index in [1.54, 1.807) is 0 Å². The van der Waals surface area contributed by atoms with Gasteiger partial charge in [-0.15, -0.1) is 0 Å². The van der Waals surface area contributed by atoms with Crippen molar-refractivity contribution in [1.82, 2.24) is 0 Å². The molecule has 0 saturated carbocycles. The summed E-state index contributed by atoms with van der Waals surface area (Å²) in [6.07, 6.45) is 0.952. The molecule has 0 aliphatic carbocycles. The minimum absolute atomic E-state index is 0.781. The lowest BCUT2D eigenvalue weighted by Gasteiger charge is -2.39. The molecule has 0 spiro atoms.